The molecule has 0 aromatic heterocycles. The molecule has 0 aromatic carbocycles. The average molecular weight is 677 g/mol. The highest BCUT2D eigenvalue weighted by Crippen LogP contribution is 2.35. The maximum absolute atomic E-state index is 14.4. The molecule has 3 rings (SSSR count). The molecule has 0 spiro atoms. The largest absolute Gasteiger partial charge is 0.444 e. The third kappa shape index (κ3) is 10.6. The lowest BCUT2D eigenvalue weighted by molar-refractivity contribution is -0.144. The lowest BCUT2D eigenvalue weighted by Crippen LogP contribution is -2.64. The second-order valence-corrected chi connectivity index (χ2v) is 16.6. The minimum absolute atomic E-state index is 0.0449. The molecule has 272 valence electrons. The van der Waals surface area contributed by atoms with Gasteiger partial charge in [0.2, 0.25) is 17.6 Å². The fourth-order valence-electron chi connectivity index (χ4n) is 7.17. The summed E-state index contributed by atoms with van der Waals surface area (Å²) in [6, 6.07) is -3.46. The zero-order valence-electron chi connectivity index (χ0n) is 30.3. The first-order valence-electron chi connectivity index (χ1n) is 17.7. The molecule has 48 heavy (non-hydrogen) atoms. The second-order valence-electron chi connectivity index (χ2n) is 16.6. The van der Waals surface area contributed by atoms with Crippen LogP contribution in [0.25, 0.3) is 0 Å². The minimum Gasteiger partial charge on any atom is -0.444 e. The van der Waals surface area contributed by atoms with Gasteiger partial charge in [-0.05, 0) is 69.6 Å². The Kier molecular flexibility index (Phi) is 12.9. The van der Waals surface area contributed by atoms with Gasteiger partial charge < -0.3 is 36.6 Å². The molecule has 2 saturated carbocycles. The van der Waals surface area contributed by atoms with Crippen molar-refractivity contribution in [2.45, 2.75) is 149 Å². The number of nitrogens with two attached hydrogens (primary N) is 1. The number of hydrogen-bond acceptors (Lipinski definition) is 7. The Morgan fingerprint density at radius 3 is 2.02 bits per heavy atom. The molecular formula is C35H60N6O7. The first-order chi connectivity index (χ1) is 22.2. The summed E-state index contributed by atoms with van der Waals surface area (Å²) in [5, 5.41) is 11.6. The molecule has 6 amide bonds. The van der Waals surface area contributed by atoms with Crippen LogP contribution in [0, 0.1) is 23.2 Å². The van der Waals surface area contributed by atoms with Crippen molar-refractivity contribution in [1.29, 1.82) is 0 Å². The molecule has 6 N–H and O–H groups in total. The standard InChI is InChI=1S/C35H60N6O7/c1-21(2)23-15-18-41(25(23)29(44)38-24(26(42)28(36)43)19-22-13-12-14-22)30(45)27(33(3,4)5)39-31(46)40-35(16-10-9-11-17-35)20-37-32(47)48-34(6,7)8/h21-25,27H,9-20H2,1-8H3,(H2,36,43)(H,37,47)(H,38,44)(H2,39,40,46)/t23-,24?,25+,27-/m1/s1. The Morgan fingerprint density at radius 2 is 1.52 bits per heavy atom. The van der Waals surface area contributed by atoms with Crippen molar-refractivity contribution in [3.63, 3.8) is 0 Å². The van der Waals surface area contributed by atoms with Gasteiger partial charge in [-0.3, -0.25) is 19.2 Å². The van der Waals surface area contributed by atoms with Crippen LogP contribution < -0.4 is 27.0 Å². The van der Waals surface area contributed by atoms with Gasteiger partial charge in [-0.2, -0.15) is 0 Å². The molecule has 2 aliphatic carbocycles. The molecule has 3 fully saturated rings. The quantitative estimate of drug-likeness (QED) is 0.195. The van der Waals surface area contributed by atoms with Gasteiger partial charge in [0.25, 0.3) is 5.91 Å². The van der Waals surface area contributed by atoms with Crippen molar-refractivity contribution in [2.75, 3.05) is 13.1 Å². The van der Waals surface area contributed by atoms with Gasteiger partial charge in [0.15, 0.2) is 0 Å². The van der Waals surface area contributed by atoms with Gasteiger partial charge in [-0.15, -0.1) is 0 Å². The Balaban J connectivity index is 1.80. The fraction of sp³-hybridized carbons (Fsp3) is 0.829. The van der Waals surface area contributed by atoms with Crippen LogP contribution >= 0.6 is 0 Å². The van der Waals surface area contributed by atoms with Crippen molar-refractivity contribution >= 4 is 35.6 Å². The van der Waals surface area contributed by atoms with Crippen LogP contribution in [0.4, 0.5) is 9.59 Å². The van der Waals surface area contributed by atoms with Crippen LogP contribution in [0.5, 0.6) is 0 Å². The fourth-order valence-corrected chi connectivity index (χ4v) is 7.17. The van der Waals surface area contributed by atoms with E-state index in [4.69, 9.17) is 10.5 Å². The number of carbonyl (C=O) groups is 6. The molecule has 0 radical (unpaired) electrons. The lowest BCUT2D eigenvalue weighted by Gasteiger charge is -2.40. The maximum atomic E-state index is 14.4. The van der Waals surface area contributed by atoms with Crippen molar-refractivity contribution in [3.05, 3.63) is 0 Å². The zero-order chi connectivity index (χ0) is 36.0. The van der Waals surface area contributed by atoms with Crippen LogP contribution in [0.3, 0.4) is 0 Å². The van der Waals surface area contributed by atoms with E-state index in [1.807, 2.05) is 34.6 Å². The Labute approximate surface area is 286 Å². The van der Waals surface area contributed by atoms with E-state index in [1.54, 1.807) is 20.8 Å². The zero-order valence-corrected chi connectivity index (χ0v) is 30.3. The summed E-state index contributed by atoms with van der Waals surface area (Å²) in [6.45, 7) is 15.4. The van der Waals surface area contributed by atoms with Gasteiger partial charge in [-0.1, -0.05) is 73.1 Å². The Bertz CT molecular complexity index is 1200. The van der Waals surface area contributed by atoms with Crippen LogP contribution in [0.15, 0.2) is 0 Å². The number of carbonyl (C=O) groups excluding carboxylic acids is 6. The summed E-state index contributed by atoms with van der Waals surface area (Å²) in [5.41, 5.74) is 3.24. The van der Waals surface area contributed by atoms with Gasteiger partial charge in [0, 0.05) is 13.1 Å². The maximum Gasteiger partial charge on any atom is 0.407 e. The Morgan fingerprint density at radius 1 is 0.896 bits per heavy atom. The second kappa shape index (κ2) is 15.9. The van der Waals surface area contributed by atoms with Crippen LogP contribution in [-0.2, 0) is 23.9 Å². The van der Waals surface area contributed by atoms with Gasteiger partial charge in [-0.25, -0.2) is 9.59 Å². The van der Waals surface area contributed by atoms with Gasteiger partial charge in [0.1, 0.15) is 17.7 Å². The van der Waals surface area contributed by atoms with E-state index in [0.717, 1.165) is 38.5 Å². The molecule has 13 heteroatoms. The number of likely N-dealkylation sites (tertiary alicyclic amines) is 1. The van der Waals surface area contributed by atoms with E-state index >= 15 is 0 Å². The van der Waals surface area contributed by atoms with Crippen molar-refractivity contribution in [1.82, 2.24) is 26.2 Å². The monoisotopic (exact) mass is 676 g/mol. The number of ketones is 1. The number of urea groups is 1. The third-order valence-corrected chi connectivity index (χ3v) is 10.1. The van der Waals surface area contributed by atoms with E-state index in [-0.39, 0.29) is 24.3 Å². The molecule has 1 aliphatic heterocycles. The van der Waals surface area contributed by atoms with Crippen LogP contribution in [0.1, 0.15) is 120 Å². The van der Waals surface area contributed by atoms with Crippen LogP contribution in [-0.4, -0.2) is 82.9 Å². The van der Waals surface area contributed by atoms with Crippen LogP contribution in [0.2, 0.25) is 0 Å². The first-order valence-corrected chi connectivity index (χ1v) is 17.7. The predicted octanol–water partition coefficient (Wildman–Crippen LogP) is 3.53. The first kappa shape index (κ1) is 39.1. The van der Waals surface area contributed by atoms with Crippen molar-refractivity contribution in [3.8, 4) is 0 Å². The summed E-state index contributed by atoms with van der Waals surface area (Å²) in [7, 11) is 0. The summed E-state index contributed by atoms with van der Waals surface area (Å²) >= 11 is 0. The number of Topliss-reactive ketones (excluding diaryl/α,β-unsaturated/α-hetero) is 1. The molecule has 0 aromatic rings. The number of hydrogen-bond donors (Lipinski definition) is 5. The predicted molar refractivity (Wildman–Crippen MR) is 181 cm³/mol. The molecular weight excluding hydrogens is 616 g/mol. The topological polar surface area (TPSA) is 189 Å². The molecule has 1 unspecified atom stereocenters. The molecule has 4 atom stereocenters. The summed E-state index contributed by atoms with van der Waals surface area (Å²) in [5.74, 6) is -2.76. The van der Waals surface area contributed by atoms with Gasteiger partial charge >= 0.3 is 12.1 Å². The number of amides is 6. The normalized spacial score (nSPS) is 22.6. The van der Waals surface area contributed by atoms with Gasteiger partial charge in [0.05, 0.1) is 11.6 Å². The number of nitrogens with one attached hydrogen (secondary N) is 4. The van der Waals surface area contributed by atoms with E-state index < -0.39 is 70.3 Å². The van der Waals surface area contributed by atoms with E-state index in [9.17, 15) is 28.8 Å². The number of ether oxygens (including phenoxy) is 1. The average Bonchev–Trinajstić information content (AvgIpc) is 3.40. The smallest absolute Gasteiger partial charge is 0.407 e. The number of primary amides is 1. The van der Waals surface area contributed by atoms with Crippen molar-refractivity contribution < 1.29 is 33.5 Å². The van der Waals surface area contributed by atoms with E-state index in [1.165, 1.54) is 4.90 Å². The molecule has 1 heterocycles. The lowest BCUT2D eigenvalue weighted by atomic mass is 9.80. The molecule has 3 aliphatic rings. The van der Waals surface area contributed by atoms with E-state index in [0.29, 0.717) is 32.2 Å². The number of rotatable bonds is 12. The summed E-state index contributed by atoms with van der Waals surface area (Å²) < 4.78 is 5.40. The molecule has 1 saturated heterocycles. The highest BCUT2D eigenvalue weighted by atomic mass is 16.6. The minimum atomic E-state index is -1.10. The summed E-state index contributed by atoms with van der Waals surface area (Å²) in [4.78, 5) is 80.6. The number of alkyl carbamates (subject to hydrolysis) is 1. The summed E-state index contributed by atoms with van der Waals surface area (Å²) in [6.07, 6.45) is 7.27. The third-order valence-electron chi connectivity index (χ3n) is 10.1. The number of nitrogens with zero attached hydrogens (tertiary/aromatic N) is 1. The van der Waals surface area contributed by atoms with Crippen molar-refractivity contribution in [2.24, 2.45) is 28.9 Å². The Hall–Kier alpha value is -3.38. The highest BCUT2D eigenvalue weighted by molar-refractivity contribution is 6.37. The van der Waals surface area contributed by atoms with E-state index in [2.05, 4.69) is 21.3 Å². The molecule has 13 nitrogen and oxygen atoms in total. The highest BCUT2D eigenvalue weighted by Gasteiger charge is 2.48. The molecule has 0 bridgehead atoms. The SMILES string of the molecule is CC(C)[C@H]1CCN(C(=O)[C@@H](NC(=O)NC2(CNC(=O)OC(C)(C)C)CCCCC2)C(C)(C)C)[C@@H]1C(=O)NC(CC1CCC1)C(=O)C(N)=O.